The number of benzene rings is 1. The van der Waals surface area contributed by atoms with Gasteiger partial charge >= 0.3 is 15.6 Å². The van der Waals surface area contributed by atoms with Crippen LogP contribution in [0.1, 0.15) is 10.4 Å². The van der Waals surface area contributed by atoms with Gasteiger partial charge in [-0.1, -0.05) is 6.07 Å². The van der Waals surface area contributed by atoms with Crippen LogP contribution in [0.25, 0.3) is 11.0 Å². The molecule has 0 aliphatic carbocycles. The second-order valence-corrected chi connectivity index (χ2v) is 5.22. The van der Waals surface area contributed by atoms with E-state index in [4.69, 9.17) is 0 Å². The van der Waals surface area contributed by atoms with Gasteiger partial charge in [0.05, 0.1) is 23.2 Å². The standard InChI is InChI=1S/C10H5F3N2O5S/c11-10(12,13)21(18,19)20-8-4-14-7-3-5(9(16)17)1-2-6(7)15-8/h1-4H,(H,16,17)/p-1. The number of hydrogen-bond donors (Lipinski definition) is 0. The van der Waals surface area contributed by atoms with Gasteiger partial charge in [-0.15, -0.1) is 0 Å². The van der Waals surface area contributed by atoms with Crippen LogP contribution in [0, 0.1) is 0 Å². The lowest BCUT2D eigenvalue weighted by Gasteiger charge is -2.09. The Morgan fingerprint density at radius 3 is 2.48 bits per heavy atom. The van der Waals surface area contributed by atoms with Crippen molar-refractivity contribution in [3.63, 3.8) is 0 Å². The normalized spacial score (nSPS) is 12.3. The van der Waals surface area contributed by atoms with E-state index in [0.717, 1.165) is 18.2 Å². The van der Waals surface area contributed by atoms with Gasteiger partial charge in [0.1, 0.15) is 0 Å². The lowest BCUT2D eigenvalue weighted by atomic mass is 10.2. The Hall–Kier alpha value is -2.43. The summed E-state index contributed by atoms with van der Waals surface area (Å²) in [6, 6.07) is 3.27. The number of nitrogens with zero attached hydrogens (tertiary/aromatic N) is 2. The molecule has 2 rings (SSSR count). The Labute approximate surface area is 115 Å². The summed E-state index contributed by atoms with van der Waals surface area (Å²) in [4.78, 5) is 17.7. The molecule has 0 radical (unpaired) electrons. The van der Waals surface area contributed by atoms with E-state index in [1.54, 1.807) is 0 Å². The quantitative estimate of drug-likeness (QED) is 0.587. The molecule has 0 amide bonds. The van der Waals surface area contributed by atoms with Crippen molar-refractivity contribution in [2.24, 2.45) is 0 Å². The number of fused-ring (bicyclic) bond motifs is 1. The van der Waals surface area contributed by atoms with Crippen LogP contribution in [0.2, 0.25) is 0 Å². The highest BCUT2D eigenvalue weighted by atomic mass is 32.2. The minimum Gasteiger partial charge on any atom is -0.545 e. The third kappa shape index (κ3) is 3.02. The van der Waals surface area contributed by atoms with Gasteiger partial charge in [0.2, 0.25) is 0 Å². The number of hydrogen-bond acceptors (Lipinski definition) is 7. The number of aromatic carboxylic acids is 1. The molecule has 0 saturated carbocycles. The third-order valence-electron chi connectivity index (χ3n) is 2.23. The first-order chi connectivity index (χ1) is 9.60. The second kappa shape index (κ2) is 4.84. The van der Waals surface area contributed by atoms with E-state index in [1.807, 2.05) is 0 Å². The van der Waals surface area contributed by atoms with Gasteiger partial charge in [-0.05, 0) is 17.7 Å². The summed E-state index contributed by atoms with van der Waals surface area (Å²) < 4.78 is 61.8. The summed E-state index contributed by atoms with van der Waals surface area (Å²) >= 11 is 0. The van der Waals surface area contributed by atoms with E-state index in [1.165, 1.54) is 0 Å². The maximum absolute atomic E-state index is 12.1. The summed E-state index contributed by atoms with van der Waals surface area (Å²) in [5, 5.41) is 10.6. The third-order valence-corrected chi connectivity index (χ3v) is 3.19. The van der Waals surface area contributed by atoms with Crippen molar-refractivity contribution >= 4 is 27.1 Å². The number of carboxylic acids is 1. The summed E-state index contributed by atoms with van der Waals surface area (Å²) in [5.41, 5.74) is -5.83. The lowest BCUT2D eigenvalue weighted by Crippen LogP contribution is -2.28. The average molecular weight is 321 g/mol. The van der Waals surface area contributed by atoms with E-state index in [0.29, 0.717) is 6.20 Å². The minimum atomic E-state index is -5.85. The average Bonchev–Trinajstić information content (AvgIpc) is 2.36. The first kappa shape index (κ1) is 15.0. The molecule has 112 valence electrons. The van der Waals surface area contributed by atoms with Crippen LogP contribution in [0.3, 0.4) is 0 Å². The lowest BCUT2D eigenvalue weighted by molar-refractivity contribution is -0.255. The molecular weight excluding hydrogens is 317 g/mol. The van der Waals surface area contributed by atoms with Crippen LogP contribution < -0.4 is 9.29 Å². The molecule has 0 N–H and O–H groups in total. The maximum Gasteiger partial charge on any atom is 0.534 e. The highest BCUT2D eigenvalue weighted by Gasteiger charge is 2.48. The van der Waals surface area contributed by atoms with Crippen LogP contribution in [-0.4, -0.2) is 29.9 Å². The van der Waals surface area contributed by atoms with Gasteiger partial charge in [0, 0.05) is 0 Å². The molecule has 0 aliphatic heterocycles. The molecule has 0 spiro atoms. The Kier molecular flexibility index (Phi) is 3.45. The SMILES string of the molecule is O=C([O-])c1ccc2nc(OS(=O)(=O)C(F)(F)F)cnc2c1. The van der Waals surface area contributed by atoms with E-state index >= 15 is 0 Å². The molecule has 0 saturated heterocycles. The minimum absolute atomic E-state index is 0.0217. The number of carbonyl (C=O) groups excluding carboxylic acids is 1. The first-order valence-corrected chi connectivity index (χ1v) is 6.50. The molecule has 1 aromatic carbocycles. The molecule has 2 aromatic rings. The number of aromatic nitrogens is 2. The Balaban J connectivity index is 2.41. The molecule has 0 unspecified atom stereocenters. The summed E-state index contributed by atoms with van der Waals surface area (Å²) in [6.45, 7) is 0. The fraction of sp³-hybridized carbons (Fsp3) is 0.100. The fourth-order valence-corrected chi connectivity index (χ4v) is 1.72. The Morgan fingerprint density at radius 1 is 1.24 bits per heavy atom. The second-order valence-electron chi connectivity index (χ2n) is 3.68. The number of halogens is 3. The highest BCUT2D eigenvalue weighted by Crippen LogP contribution is 2.26. The largest absolute Gasteiger partial charge is 0.545 e. The highest BCUT2D eigenvalue weighted by molar-refractivity contribution is 7.87. The van der Waals surface area contributed by atoms with Crippen molar-refractivity contribution in [2.45, 2.75) is 5.51 Å². The van der Waals surface area contributed by atoms with Crippen molar-refractivity contribution < 1.29 is 35.7 Å². The van der Waals surface area contributed by atoms with Gasteiger partial charge in [0.25, 0.3) is 5.88 Å². The number of carboxylic acid groups (broad SMARTS) is 1. The number of rotatable bonds is 3. The van der Waals surface area contributed by atoms with Crippen LogP contribution in [-0.2, 0) is 10.1 Å². The Bertz CT molecular complexity index is 819. The van der Waals surface area contributed by atoms with Crippen LogP contribution in [0.15, 0.2) is 24.4 Å². The van der Waals surface area contributed by atoms with Gasteiger partial charge in [-0.25, -0.2) is 9.97 Å². The van der Waals surface area contributed by atoms with Crippen LogP contribution in [0.4, 0.5) is 13.2 Å². The van der Waals surface area contributed by atoms with Crippen LogP contribution in [0.5, 0.6) is 5.88 Å². The van der Waals surface area contributed by atoms with E-state index in [2.05, 4.69) is 14.2 Å². The molecular formula is C10H4F3N2O5S-. The molecule has 0 atom stereocenters. The zero-order chi connectivity index (χ0) is 15.8. The summed E-state index contributed by atoms with van der Waals surface area (Å²) in [5.74, 6) is -2.36. The summed E-state index contributed by atoms with van der Waals surface area (Å²) in [6.07, 6.45) is 0.630. The molecule has 1 heterocycles. The smallest absolute Gasteiger partial charge is 0.534 e. The Morgan fingerprint density at radius 2 is 1.90 bits per heavy atom. The zero-order valence-corrected chi connectivity index (χ0v) is 10.6. The van der Waals surface area contributed by atoms with E-state index in [9.17, 15) is 31.5 Å². The topological polar surface area (TPSA) is 109 Å². The van der Waals surface area contributed by atoms with Gasteiger partial charge < -0.3 is 14.1 Å². The van der Waals surface area contributed by atoms with Crippen LogP contribution >= 0.6 is 0 Å². The van der Waals surface area contributed by atoms with Gasteiger partial charge in [-0.2, -0.15) is 21.6 Å². The van der Waals surface area contributed by atoms with Crippen molar-refractivity contribution in [1.29, 1.82) is 0 Å². The molecule has 0 bridgehead atoms. The fourth-order valence-electron chi connectivity index (χ4n) is 1.32. The van der Waals surface area contributed by atoms with E-state index < -0.39 is 27.5 Å². The molecule has 0 fully saturated rings. The molecule has 7 nitrogen and oxygen atoms in total. The maximum atomic E-state index is 12.1. The van der Waals surface area contributed by atoms with Gasteiger partial charge in [0.15, 0.2) is 0 Å². The van der Waals surface area contributed by atoms with Crippen molar-refractivity contribution in [1.82, 2.24) is 9.97 Å². The van der Waals surface area contributed by atoms with Crippen molar-refractivity contribution in [2.75, 3.05) is 0 Å². The molecule has 0 aliphatic rings. The predicted octanol–water partition coefficient (Wildman–Crippen LogP) is 0.222. The van der Waals surface area contributed by atoms with E-state index in [-0.39, 0.29) is 16.6 Å². The van der Waals surface area contributed by atoms with Crippen molar-refractivity contribution in [3.8, 4) is 5.88 Å². The number of alkyl halides is 3. The van der Waals surface area contributed by atoms with Gasteiger partial charge in [-0.3, -0.25) is 0 Å². The monoisotopic (exact) mass is 321 g/mol. The zero-order valence-electron chi connectivity index (χ0n) is 9.79. The predicted molar refractivity (Wildman–Crippen MR) is 59.5 cm³/mol. The van der Waals surface area contributed by atoms with Crippen molar-refractivity contribution in [3.05, 3.63) is 30.0 Å². The molecule has 21 heavy (non-hydrogen) atoms. The first-order valence-electron chi connectivity index (χ1n) is 5.09. The number of carbonyl (C=O) groups is 1. The molecule has 1 aromatic heterocycles. The summed E-state index contributed by atoms with van der Waals surface area (Å²) in [7, 11) is -5.85. The molecule has 11 heteroatoms.